The number of aromatic nitrogens is 2. The molecule has 1 aliphatic rings. The van der Waals surface area contributed by atoms with Gasteiger partial charge in [-0.25, -0.2) is 9.37 Å². The molecule has 0 unspecified atom stereocenters. The molecule has 3 N–H and O–H groups in total. The van der Waals surface area contributed by atoms with Crippen LogP contribution < -0.4 is 10.6 Å². The standard InChI is InChI=1S/C20H21FN4O/c21-16-5-3-15(4-6-16)20(8-1-9-22-12-20)19(26)23-11-14-2-7-17-18(10-14)25-13-24-17/h2-7,10,13,22H,1,8-9,11-12H2,(H,23,26)(H,24,25)/t20-/m0/s1. The molecule has 2 heterocycles. The molecule has 6 heteroatoms. The molecule has 0 spiro atoms. The Bertz CT molecular complexity index is 913. The van der Waals surface area contributed by atoms with Crippen LogP contribution in [0.15, 0.2) is 48.8 Å². The number of nitrogens with zero attached hydrogens (tertiary/aromatic N) is 1. The van der Waals surface area contributed by atoms with E-state index in [1.54, 1.807) is 18.5 Å². The largest absolute Gasteiger partial charge is 0.351 e. The molecule has 5 nitrogen and oxygen atoms in total. The number of rotatable bonds is 4. The minimum Gasteiger partial charge on any atom is -0.351 e. The van der Waals surface area contributed by atoms with Crippen LogP contribution in [0.5, 0.6) is 0 Å². The third kappa shape index (κ3) is 3.08. The monoisotopic (exact) mass is 352 g/mol. The van der Waals surface area contributed by atoms with Gasteiger partial charge in [-0.2, -0.15) is 0 Å². The lowest BCUT2D eigenvalue weighted by Gasteiger charge is -2.36. The fraction of sp³-hybridized carbons (Fsp3) is 0.300. The summed E-state index contributed by atoms with van der Waals surface area (Å²) in [6, 6.07) is 12.2. The highest BCUT2D eigenvalue weighted by Gasteiger charge is 2.41. The fourth-order valence-corrected chi connectivity index (χ4v) is 3.69. The summed E-state index contributed by atoms with van der Waals surface area (Å²) in [4.78, 5) is 20.4. The van der Waals surface area contributed by atoms with Gasteiger partial charge >= 0.3 is 0 Å². The number of imidazole rings is 1. The average molecular weight is 352 g/mol. The first kappa shape index (κ1) is 16.7. The first-order valence-electron chi connectivity index (χ1n) is 8.84. The maximum atomic E-state index is 13.3. The lowest BCUT2D eigenvalue weighted by atomic mass is 9.74. The number of aromatic amines is 1. The summed E-state index contributed by atoms with van der Waals surface area (Å²) in [5, 5.41) is 6.39. The number of hydrogen-bond donors (Lipinski definition) is 3. The van der Waals surface area contributed by atoms with Gasteiger partial charge in [0.05, 0.1) is 22.8 Å². The van der Waals surface area contributed by atoms with E-state index in [0.717, 1.165) is 41.5 Å². The van der Waals surface area contributed by atoms with Crippen molar-refractivity contribution in [2.24, 2.45) is 0 Å². The summed E-state index contributed by atoms with van der Waals surface area (Å²) in [6.45, 7) is 1.90. The van der Waals surface area contributed by atoms with Crippen LogP contribution in [-0.4, -0.2) is 29.0 Å². The number of benzene rings is 2. The third-order valence-corrected chi connectivity index (χ3v) is 5.15. The number of fused-ring (bicyclic) bond motifs is 1. The maximum Gasteiger partial charge on any atom is 0.232 e. The zero-order chi connectivity index (χ0) is 18.0. The normalized spacial score (nSPS) is 20.2. The average Bonchev–Trinajstić information content (AvgIpc) is 3.15. The number of halogens is 1. The van der Waals surface area contributed by atoms with Crippen LogP contribution in [0.4, 0.5) is 4.39 Å². The molecule has 0 aliphatic carbocycles. The molecule has 134 valence electrons. The van der Waals surface area contributed by atoms with E-state index in [1.165, 1.54) is 12.1 Å². The lowest BCUT2D eigenvalue weighted by molar-refractivity contribution is -0.127. The van der Waals surface area contributed by atoms with Crippen LogP contribution in [0, 0.1) is 5.82 Å². The zero-order valence-electron chi connectivity index (χ0n) is 14.4. The number of nitrogens with one attached hydrogen (secondary N) is 3. The van der Waals surface area contributed by atoms with Gasteiger partial charge in [0.25, 0.3) is 0 Å². The Morgan fingerprint density at radius 3 is 2.85 bits per heavy atom. The molecule has 1 aliphatic heterocycles. The first-order chi connectivity index (χ1) is 12.7. The van der Waals surface area contributed by atoms with E-state index in [2.05, 4.69) is 20.6 Å². The third-order valence-electron chi connectivity index (χ3n) is 5.15. The van der Waals surface area contributed by atoms with E-state index in [9.17, 15) is 9.18 Å². The topological polar surface area (TPSA) is 69.8 Å². The summed E-state index contributed by atoms with van der Waals surface area (Å²) in [5.41, 5.74) is 3.05. The van der Waals surface area contributed by atoms with Crippen LogP contribution in [0.1, 0.15) is 24.0 Å². The van der Waals surface area contributed by atoms with E-state index >= 15 is 0 Å². The van der Waals surface area contributed by atoms with E-state index < -0.39 is 5.41 Å². The van der Waals surface area contributed by atoms with E-state index in [4.69, 9.17) is 0 Å². The molecule has 1 aromatic heterocycles. The number of piperidine rings is 1. The highest BCUT2D eigenvalue weighted by atomic mass is 19.1. The number of H-pyrrole nitrogens is 1. The van der Waals surface area contributed by atoms with Crippen molar-refractivity contribution in [3.63, 3.8) is 0 Å². The number of amides is 1. The van der Waals surface area contributed by atoms with Gasteiger partial charge in [-0.15, -0.1) is 0 Å². The van der Waals surface area contributed by atoms with Crippen molar-refractivity contribution in [2.75, 3.05) is 13.1 Å². The Balaban J connectivity index is 1.55. The number of carbonyl (C=O) groups is 1. The Hall–Kier alpha value is -2.73. The van der Waals surface area contributed by atoms with Crippen LogP contribution in [0.2, 0.25) is 0 Å². The summed E-state index contributed by atoms with van der Waals surface area (Å²) in [5.74, 6) is -0.318. The summed E-state index contributed by atoms with van der Waals surface area (Å²) in [6.07, 6.45) is 3.31. The van der Waals surface area contributed by atoms with Crippen LogP contribution in [-0.2, 0) is 16.8 Å². The number of hydrogen-bond acceptors (Lipinski definition) is 3. The molecule has 4 rings (SSSR count). The van der Waals surface area contributed by atoms with Gasteiger partial charge in [0.1, 0.15) is 5.82 Å². The molecule has 1 amide bonds. The second-order valence-electron chi connectivity index (χ2n) is 6.81. The minimum absolute atomic E-state index is 0.0268. The predicted molar refractivity (Wildman–Crippen MR) is 98.1 cm³/mol. The highest BCUT2D eigenvalue weighted by molar-refractivity contribution is 5.89. The molecule has 0 saturated carbocycles. The van der Waals surface area contributed by atoms with Gasteiger partial charge in [-0.1, -0.05) is 18.2 Å². The molecule has 1 fully saturated rings. The molecule has 3 aromatic rings. The summed E-state index contributed by atoms with van der Waals surface area (Å²) >= 11 is 0. The van der Waals surface area contributed by atoms with Crippen molar-refractivity contribution < 1.29 is 9.18 Å². The molecule has 2 aromatic carbocycles. The molecule has 1 atom stereocenters. The minimum atomic E-state index is -0.663. The molecule has 26 heavy (non-hydrogen) atoms. The smallest absolute Gasteiger partial charge is 0.232 e. The van der Waals surface area contributed by atoms with Gasteiger partial charge in [-0.3, -0.25) is 4.79 Å². The quantitative estimate of drug-likeness (QED) is 0.676. The SMILES string of the molecule is O=C(NCc1ccc2nc[nH]c2c1)[C@@]1(c2ccc(F)cc2)CCCNC1. The molecule has 0 radical (unpaired) electrons. The van der Waals surface area contributed by atoms with Crippen LogP contribution in [0.3, 0.4) is 0 Å². The maximum absolute atomic E-state index is 13.3. The van der Waals surface area contributed by atoms with Crippen molar-refractivity contribution in [3.8, 4) is 0 Å². The van der Waals surface area contributed by atoms with Crippen molar-refractivity contribution in [2.45, 2.75) is 24.8 Å². The molecule has 1 saturated heterocycles. The zero-order valence-corrected chi connectivity index (χ0v) is 14.4. The van der Waals surface area contributed by atoms with Crippen molar-refractivity contribution >= 4 is 16.9 Å². The summed E-state index contributed by atoms with van der Waals surface area (Å²) < 4.78 is 13.3. The first-order valence-corrected chi connectivity index (χ1v) is 8.84. The highest BCUT2D eigenvalue weighted by Crippen LogP contribution is 2.32. The summed E-state index contributed by atoms with van der Waals surface area (Å²) in [7, 11) is 0. The van der Waals surface area contributed by atoms with Gasteiger partial charge in [0.2, 0.25) is 5.91 Å². The molecular formula is C20H21FN4O. The van der Waals surface area contributed by atoms with Gasteiger partial charge < -0.3 is 15.6 Å². The fourth-order valence-electron chi connectivity index (χ4n) is 3.69. The van der Waals surface area contributed by atoms with Crippen molar-refractivity contribution in [1.29, 1.82) is 0 Å². The lowest BCUT2D eigenvalue weighted by Crippen LogP contribution is -2.53. The van der Waals surface area contributed by atoms with Crippen LogP contribution >= 0.6 is 0 Å². The van der Waals surface area contributed by atoms with E-state index in [1.807, 2.05) is 18.2 Å². The number of carbonyl (C=O) groups excluding carboxylic acids is 1. The van der Waals surface area contributed by atoms with E-state index in [-0.39, 0.29) is 11.7 Å². The second kappa shape index (κ2) is 6.88. The van der Waals surface area contributed by atoms with Gasteiger partial charge in [-0.05, 0) is 54.8 Å². The van der Waals surface area contributed by atoms with Crippen molar-refractivity contribution in [3.05, 3.63) is 65.7 Å². The molecular weight excluding hydrogens is 331 g/mol. The van der Waals surface area contributed by atoms with Crippen molar-refractivity contribution in [1.82, 2.24) is 20.6 Å². The Kier molecular flexibility index (Phi) is 4.42. The second-order valence-corrected chi connectivity index (χ2v) is 6.81. The Morgan fingerprint density at radius 1 is 1.23 bits per heavy atom. The predicted octanol–water partition coefficient (Wildman–Crippen LogP) is 2.64. The van der Waals surface area contributed by atoms with Crippen LogP contribution in [0.25, 0.3) is 11.0 Å². The van der Waals surface area contributed by atoms with E-state index in [0.29, 0.717) is 13.1 Å². The van der Waals surface area contributed by atoms with Gasteiger partial charge in [0.15, 0.2) is 0 Å². The Morgan fingerprint density at radius 2 is 2.08 bits per heavy atom. The molecule has 0 bridgehead atoms. The van der Waals surface area contributed by atoms with Gasteiger partial charge in [0, 0.05) is 13.1 Å². The Labute approximate surface area is 151 Å².